The molecule has 0 saturated heterocycles. The predicted molar refractivity (Wildman–Crippen MR) is 103 cm³/mol. The molecule has 146 valence electrons. The van der Waals surface area contributed by atoms with Crippen molar-refractivity contribution in [2.75, 3.05) is 12.4 Å². The second-order valence-corrected chi connectivity index (χ2v) is 6.62. The molecule has 8 heteroatoms. The number of nitro groups is 1. The van der Waals surface area contributed by atoms with Gasteiger partial charge in [0, 0.05) is 17.7 Å². The Morgan fingerprint density at radius 3 is 2.54 bits per heavy atom. The number of amides is 1. The Morgan fingerprint density at radius 2 is 1.93 bits per heavy atom. The number of nitrogens with one attached hydrogen (secondary N) is 2. The molecule has 2 aromatic carbocycles. The Hall–Kier alpha value is -3.42. The third-order valence-electron chi connectivity index (χ3n) is 4.50. The topological polar surface area (TPSA) is 111 Å². The molecule has 0 spiro atoms. The Labute approximate surface area is 162 Å². The van der Waals surface area contributed by atoms with Crippen LogP contribution in [0.5, 0.6) is 0 Å². The van der Waals surface area contributed by atoms with Crippen LogP contribution in [-0.4, -0.2) is 30.0 Å². The first-order chi connectivity index (χ1) is 13.5. The average Bonchev–Trinajstić information content (AvgIpc) is 3.52. The van der Waals surface area contributed by atoms with E-state index in [-0.39, 0.29) is 23.7 Å². The molecule has 28 heavy (non-hydrogen) atoms. The number of nitrogens with zero attached hydrogens (tertiary/aromatic N) is 1. The summed E-state index contributed by atoms with van der Waals surface area (Å²) in [6, 6.07) is 13.0. The number of rotatable bonds is 8. The van der Waals surface area contributed by atoms with Crippen molar-refractivity contribution in [2.45, 2.75) is 31.3 Å². The normalized spacial score (nSPS) is 14.0. The van der Waals surface area contributed by atoms with Crippen molar-refractivity contribution < 1.29 is 19.2 Å². The summed E-state index contributed by atoms with van der Waals surface area (Å²) in [7, 11) is 1.28. The maximum absolute atomic E-state index is 12.7. The van der Waals surface area contributed by atoms with Crippen molar-refractivity contribution in [3.63, 3.8) is 0 Å². The minimum atomic E-state index is -0.607. The zero-order valence-electron chi connectivity index (χ0n) is 15.4. The lowest BCUT2D eigenvalue weighted by molar-refractivity contribution is -0.384. The van der Waals surface area contributed by atoms with Crippen molar-refractivity contribution >= 4 is 23.3 Å². The number of methoxy groups -OCH3 is 1. The van der Waals surface area contributed by atoms with E-state index in [0.29, 0.717) is 5.69 Å². The second-order valence-electron chi connectivity index (χ2n) is 6.62. The SMILES string of the molecule is COC(=O)C[C@@H](NC(=O)c1ccc(NC2CC2)c([N+](=O)[O-])c1)c1ccccc1. The zero-order valence-corrected chi connectivity index (χ0v) is 15.4. The molecule has 0 radical (unpaired) electrons. The van der Waals surface area contributed by atoms with Crippen LogP contribution < -0.4 is 10.6 Å². The molecule has 1 atom stereocenters. The van der Waals surface area contributed by atoms with Crippen LogP contribution in [0.1, 0.15) is 41.2 Å². The Bertz CT molecular complexity index is 881. The first-order valence-electron chi connectivity index (χ1n) is 8.95. The van der Waals surface area contributed by atoms with Crippen LogP contribution >= 0.6 is 0 Å². The predicted octanol–water partition coefficient (Wildman–Crippen LogP) is 3.20. The van der Waals surface area contributed by atoms with Gasteiger partial charge in [0.05, 0.1) is 24.5 Å². The van der Waals surface area contributed by atoms with Crippen LogP contribution in [0.2, 0.25) is 0 Å². The van der Waals surface area contributed by atoms with Crippen LogP contribution in [-0.2, 0) is 9.53 Å². The summed E-state index contributed by atoms with van der Waals surface area (Å²) in [5.74, 6) is -0.969. The monoisotopic (exact) mass is 383 g/mol. The number of hydrogen-bond acceptors (Lipinski definition) is 6. The van der Waals surface area contributed by atoms with Gasteiger partial charge in [-0.15, -0.1) is 0 Å². The summed E-state index contributed by atoms with van der Waals surface area (Å²) in [5.41, 5.74) is 1.14. The highest BCUT2D eigenvalue weighted by molar-refractivity contribution is 5.96. The highest BCUT2D eigenvalue weighted by Crippen LogP contribution is 2.31. The highest BCUT2D eigenvalue weighted by atomic mass is 16.6. The van der Waals surface area contributed by atoms with Crippen LogP contribution in [0, 0.1) is 10.1 Å². The molecule has 2 aromatic rings. The van der Waals surface area contributed by atoms with Gasteiger partial charge in [-0.05, 0) is 30.5 Å². The molecular weight excluding hydrogens is 362 g/mol. The van der Waals surface area contributed by atoms with Gasteiger partial charge in [-0.2, -0.15) is 0 Å². The third-order valence-corrected chi connectivity index (χ3v) is 4.50. The lowest BCUT2D eigenvalue weighted by Gasteiger charge is -2.18. The summed E-state index contributed by atoms with van der Waals surface area (Å²) >= 11 is 0. The first kappa shape index (κ1) is 19.3. The van der Waals surface area contributed by atoms with Gasteiger partial charge in [0.15, 0.2) is 0 Å². The zero-order chi connectivity index (χ0) is 20.1. The summed E-state index contributed by atoms with van der Waals surface area (Å²) in [5, 5.41) is 17.3. The number of benzene rings is 2. The minimum absolute atomic E-state index is 0.0460. The largest absolute Gasteiger partial charge is 0.469 e. The summed E-state index contributed by atoms with van der Waals surface area (Å²) in [6.07, 6.45) is 1.91. The quantitative estimate of drug-likeness (QED) is 0.411. The molecule has 1 aliphatic rings. The first-order valence-corrected chi connectivity index (χ1v) is 8.95. The van der Waals surface area contributed by atoms with E-state index in [2.05, 4.69) is 10.6 Å². The third kappa shape index (κ3) is 4.85. The van der Waals surface area contributed by atoms with Crippen LogP contribution in [0.15, 0.2) is 48.5 Å². The number of esters is 1. The second kappa shape index (κ2) is 8.51. The van der Waals surface area contributed by atoms with Crippen molar-refractivity contribution in [2.24, 2.45) is 0 Å². The molecule has 0 unspecified atom stereocenters. The standard InChI is InChI=1S/C20H21N3O5/c1-28-19(24)12-17(13-5-3-2-4-6-13)22-20(25)14-7-10-16(21-15-8-9-15)18(11-14)23(26)27/h2-7,10-11,15,17,21H,8-9,12H2,1H3,(H,22,25)/t17-/m1/s1. The molecule has 1 aliphatic carbocycles. The molecule has 1 amide bonds. The van der Waals surface area contributed by atoms with E-state index in [1.165, 1.54) is 19.2 Å². The van der Waals surface area contributed by atoms with Gasteiger partial charge in [0.2, 0.25) is 0 Å². The van der Waals surface area contributed by atoms with Gasteiger partial charge in [-0.25, -0.2) is 0 Å². The van der Waals surface area contributed by atoms with E-state index in [9.17, 15) is 19.7 Å². The number of hydrogen-bond donors (Lipinski definition) is 2. The molecule has 2 N–H and O–H groups in total. The maximum Gasteiger partial charge on any atom is 0.307 e. The van der Waals surface area contributed by atoms with Crippen molar-refractivity contribution in [3.05, 3.63) is 69.8 Å². The van der Waals surface area contributed by atoms with Crippen LogP contribution in [0.3, 0.4) is 0 Å². The van der Waals surface area contributed by atoms with E-state index >= 15 is 0 Å². The van der Waals surface area contributed by atoms with Crippen molar-refractivity contribution in [1.82, 2.24) is 5.32 Å². The average molecular weight is 383 g/mol. The van der Waals surface area contributed by atoms with Gasteiger partial charge >= 0.3 is 5.97 Å². The lowest BCUT2D eigenvalue weighted by atomic mass is 10.0. The fourth-order valence-electron chi connectivity index (χ4n) is 2.82. The number of carbonyl (C=O) groups is 2. The van der Waals surface area contributed by atoms with Gasteiger partial charge in [0.1, 0.15) is 5.69 Å². The van der Waals surface area contributed by atoms with Crippen LogP contribution in [0.4, 0.5) is 11.4 Å². The molecule has 1 saturated carbocycles. The van der Waals surface area contributed by atoms with Gasteiger partial charge in [-0.1, -0.05) is 30.3 Å². The Balaban J connectivity index is 1.81. The van der Waals surface area contributed by atoms with Crippen molar-refractivity contribution in [3.8, 4) is 0 Å². The number of anilines is 1. The minimum Gasteiger partial charge on any atom is -0.469 e. The molecule has 0 aliphatic heterocycles. The van der Waals surface area contributed by atoms with Gasteiger partial charge < -0.3 is 15.4 Å². The molecule has 3 rings (SSSR count). The number of ether oxygens (including phenoxy) is 1. The Kier molecular flexibility index (Phi) is 5.88. The summed E-state index contributed by atoms with van der Waals surface area (Å²) in [4.78, 5) is 35.3. The van der Waals surface area contributed by atoms with E-state index < -0.39 is 22.8 Å². The molecule has 0 aromatic heterocycles. The van der Waals surface area contributed by atoms with Crippen LogP contribution in [0.25, 0.3) is 0 Å². The van der Waals surface area contributed by atoms with E-state index in [1.54, 1.807) is 30.3 Å². The Morgan fingerprint density at radius 1 is 1.21 bits per heavy atom. The molecular formula is C20H21N3O5. The smallest absolute Gasteiger partial charge is 0.307 e. The van der Waals surface area contributed by atoms with Gasteiger partial charge in [-0.3, -0.25) is 19.7 Å². The maximum atomic E-state index is 12.7. The lowest BCUT2D eigenvalue weighted by Crippen LogP contribution is -2.30. The fraction of sp³-hybridized carbons (Fsp3) is 0.300. The van der Waals surface area contributed by atoms with E-state index in [4.69, 9.17) is 4.74 Å². The highest BCUT2D eigenvalue weighted by Gasteiger charge is 2.26. The fourth-order valence-corrected chi connectivity index (χ4v) is 2.82. The molecule has 0 bridgehead atoms. The molecule has 8 nitrogen and oxygen atoms in total. The van der Waals surface area contributed by atoms with Gasteiger partial charge in [0.25, 0.3) is 11.6 Å². The molecule has 0 heterocycles. The van der Waals surface area contributed by atoms with E-state index in [0.717, 1.165) is 18.4 Å². The summed E-state index contributed by atoms with van der Waals surface area (Å²) < 4.78 is 4.71. The van der Waals surface area contributed by atoms with Crippen molar-refractivity contribution in [1.29, 1.82) is 0 Å². The molecule has 1 fully saturated rings. The summed E-state index contributed by atoms with van der Waals surface area (Å²) in [6.45, 7) is 0. The number of carbonyl (C=O) groups excluding carboxylic acids is 2. The number of nitro benzene ring substituents is 1. The van der Waals surface area contributed by atoms with E-state index in [1.807, 2.05) is 6.07 Å².